The zero-order valence-corrected chi connectivity index (χ0v) is 19.4. The van der Waals surface area contributed by atoms with E-state index in [1.807, 2.05) is 38.1 Å². The van der Waals surface area contributed by atoms with Crippen LogP contribution >= 0.6 is 0 Å². The Kier molecular flexibility index (Phi) is 10.3. The highest BCUT2D eigenvalue weighted by Gasteiger charge is 2.36. The van der Waals surface area contributed by atoms with Gasteiger partial charge in [-0.05, 0) is 36.3 Å². The van der Waals surface area contributed by atoms with E-state index in [1.54, 1.807) is 10.4 Å². The van der Waals surface area contributed by atoms with Crippen molar-refractivity contribution in [1.29, 1.82) is 0 Å². The minimum absolute atomic E-state index is 0.0969. The van der Waals surface area contributed by atoms with Crippen molar-refractivity contribution in [2.24, 2.45) is 5.92 Å². The first-order valence-electron chi connectivity index (χ1n) is 11.5. The third-order valence-electron chi connectivity index (χ3n) is 5.86. The topological polar surface area (TPSA) is 136 Å². The van der Waals surface area contributed by atoms with Crippen LogP contribution in [0.15, 0.2) is 24.3 Å². The highest BCUT2D eigenvalue weighted by Crippen LogP contribution is 2.25. The van der Waals surface area contributed by atoms with Crippen LogP contribution in [0, 0.1) is 5.92 Å². The second-order valence-electron chi connectivity index (χ2n) is 8.99. The standard InChI is InChI=1S/C24H35N3O6/c1-16(2)13-19(24(31)32)25-23(30)20-14-17-9-7-8-10-18(17)15-27(20)22(29)12-6-4-3-5-11-21(28)26-33/h7-10,16,19-20,33H,3-6,11-15H2,1-2H3,(H,25,30)(H,26,28)(H,31,32)/t19-,20-/m0/s1. The van der Waals surface area contributed by atoms with Crippen molar-refractivity contribution >= 4 is 23.7 Å². The average molecular weight is 462 g/mol. The number of nitrogens with zero attached hydrogens (tertiary/aromatic N) is 1. The van der Waals surface area contributed by atoms with Crippen LogP contribution < -0.4 is 10.8 Å². The maximum Gasteiger partial charge on any atom is 0.326 e. The lowest BCUT2D eigenvalue weighted by atomic mass is 9.92. The Morgan fingerprint density at radius 3 is 2.27 bits per heavy atom. The number of carboxylic acid groups (broad SMARTS) is 1. The molecule has 0 radical (unpaired) electrons. The number of hydrogen-bond acceptors (Lipinski definition) is 5. The van der Waals surface area contributed by atoms with Gasteiger partial charge in [0.25, 0.3) is 0 Å². The monoisotopic (exact) mass is 461 g/mol. The molecule has 1 aromatic carbocycles. The van der Waals surface area contributed by atoms with Gasteiger partial charge in [-0.15, -0.1) is 0 Å². The third-order valence-corrected chi connectivity index (χ3v) is 5.86. The number of carbonyl (C=O) groups is 4. The molecule has 0 saturated heterocycles. The number of hydroxylamine groups is 1. The maximum atomic E-state index is 13.1. The van der Waals surface area contributed by atoms with Crippen LogP contribution in [-0.4, -0.2) is 51.0 Å². The van der Waals surface area contributed by atoms with Crippen molar-refractivity contribution < 1.29 is 29.5 Å². The fourth-order valence-corrected chi connectivity index (χ4v) is 4.09. The number of carboxylic acids is 1. The summed E-state index contributed by atoms with van der Waals surface area (Å²) in [7, 11) is 0. The Labute approximate surface area is 194 Å². The number of hydrogen-bond donors (Lipinski definition) is 4. The average Bonchev–Trinajstić information content (AvgIpc) is 2.79. The summed E-state index contributed by atoms with van der Waals surface area (Å²) < 4.78 is 0. The van der Waals surface area contributed by atoms with Gasteiger partial charge in [0.2, 0.25) is 17.7 Å². The number of amides is 3. The summed E-state index contributed by atoms with van der Waals surface area (Å²) in [6.07, 6.45) is 3.91. The summed E-state index contributed by atoms with van der Waals surface area (Å²) in [6, 6.07) is 5.91. The quantitative estimate of drug-likeness (QED) is 0.214. The van der Waals surface area contributed by atoms with E-state index in [0.717, 1.165) is 24.0 Å². The fourth-order valence-electron chi connectivity index (χ4n) is 4.09. The van der Waals surface area contributed by atoms with Gasteiger partial charge in [0.15, 0.2) is 0 Å². The molecule has 3 amide bonds. The van der Waals surface area contributed by atoms with Gasteiger partial charge in [-0.2, -0.15) is 0 Å². The van der Waals surface area contributed by atoms with Gasteiger partial charge in [-0.3, -0.25) is 19.6 Å². The van der Waals surface area contributed by atoms with Crippen molar-refractivity contribution in [3.8, 4) is 0 Å². The molecular formula is C24H35N3O6. The van der Waals surface area contributed by atoms with E-state index in [4.69, 9.17) is 5.21 Å². The molecule has 1 aromatic rings. The third kappa shape index (κ3) is 8.16. The van der Waals surface area contributed by atoms with E-state index >= 15 is 0 Å². The largest absolute Gasteiger partial charge is 0.480 e. The van der Waals surface area contributed by atoms with Crippen molar-refractivity contribution in [2.75, 3.05) is 0 Å². The van der Waals surface area contributed by atoms with Gasteiger partial charge in [0.05, 0.1) is 0 Å². The Hall–Kier alpha value is -2.94. The molecule has 0 fully saturated rings. The molecule has 0 aliphatic carbocycles. The summed E-state index contributed by atoms with van der Waals surface area (Å²) in [5.74, 6) is -2.00. The number of aliphatic carboxylic acids is 1. The SMILES string of the molecule is CC(C)C[C@H](NC(=O)[C@@H]1Cc2ccccc2CN1C(=O)CCCCCCC(=O)NO)C(=O)O. The zero-order valence-electron chi connectivity index (χ0n) is 19.4. The van der Waals surface area contributed by atoms with E-state index in [9.17, 15) is 24.3 Å². The molecule has 33 heavy (non-hydrogen) atoms. The van der Waals surface area contributed by atoms with E-state index in [1.165, 1.54) is 0 Å². The molecule has 182 valence electrons. The number of nitrogens with one attached hydrogen (secondary N) is 2. The number of fused-ring (bicyclic) bond motifs is 1. The molecular weight excluding hydrogens is 426 g/mol. The van der Waals surface area contributed by atoms with Crippen molar-refractivity contribution in [2.45, 2.75) is 83.8 Å². The lowest BCUT2D eigenvalue weighted by molar-refractivity contribution is -0.146. The highest BCUT2D eigenvalue weighted by atomic mass is 16.5. The lowest BCUT2D eigenvalue weighted by Gasteiger charge is -2.36. The Morgan fingerprint density at radius 2 is 1.67 bits per heavy atom. The molecule has 4 N–H and O–H groups in total. The van der Waals surface area contributed by atoms with Crippen LogP contribution in [0.1, 0.15) is 69.9 Å². The molecule has 0 saturated carbocycles. The number of unbranched alkanes of at least 4 members (excludes halogenated alkanes) is 3. The summed E-state index contributed by atoms with van der Waals surface area (Å²) in [6.45, 7) is 4.10. The van der Waals surface area contributed by atoms with Gasteiger partial charge in [0, 0.05) is 25.8 Å². The first kappa shape index (κ1) is 26.3. The Balaban J connectivity index is 2.03. The fraction of sp³-hybridized carbons (Fsp3) is 0.583. The molecule has 9 heteroatoms. The van der Waals surface area contributed by atoms with Gasteiger partial charge >= 0.3 is 5.97 Å². The summed E-state index contributed by atoms with van der Waals surface area (Å²) in [5.41, 5.74) is 3.57. The molecule has 1 aliphatic rings. The van der Waals surface area contributed by atoms with Gasteiger partial charge < -0.3 is 15.3 Å². The molecule has 0 unspecified atom stereocenters. The molecule has 2 rings (SSSR count). The van der Waals surface area contributed by atoms with Crippen LogP contribution in [0.4, 0.5) is 0 Å². The molecule has 0 spiro atoms. The number of carbonyl (C=O) groups excluding carboxylic acids is 3. The summed E-state index contributed by atoms with van der Waals surface area (Å²) in [4.78, 5) is 50.4. The molecule has 0 aromatic heterocycles. The van der Waals surface area contributed by atoms with E-state index < -0.39 is 29.9 Å². The zero-order chi connectivity index (χ0) is 24.4. The summed E-state index contributed by atoms with van der Waals surface area (Å²) in [5, 5.41) is 20.7. The first-order chi connectivity index (χ1) is 15.7. The van der Waals surface area contributed by atoms with Crippen LogP contribution in [0.2, 0.25) is 0 Å². The minimum atomic E-state index is -1.08. The highest BCUT2D eigenvalue weighted by molar-refractivity contribution is 5.91. The number of rotatable bonds is 12. The number of benzene rings is 1. The normalized spacial score (nSPS) is 16.1. The first-order valence-corrected chi connectivity index (χ1v) is 11.5. The van der Waals surface area contributed by atoms with E-state index in [-0.39, 0.29) is 24.7 Å². The predicted molar refractivity (Wildman–Crippen MR) is 121 cm³/mol. The predicted octanol–water partition coefficient (Wildman–Crippen LogP) is 2.40. The molecule has 2 atom stereocenters. The molecule has 1 aliphatic heterocycles. The van der Waals surface area contributed by atoms with Crippen molar-refractivity contribution in [1.82, 2.24) is 15.7 Å². The maximum absolute atomic E-state index is 13.1. The van der Waals surface area contributed by atoms with Crippen LogP contribution in [-0.2, 0) is 32.1 Å². The molecule has 0 bridgehead atoms. The van der Waals surface area contributed by atoms with Crippen molar-refractivity contribution in [3.63, 3.8) is 0 Å². The van der Waals surface area contributed by atoms with Gasteiger partial charge in [-0.25, -0.2) is 10.3 Å². The van der Waals surface area contributed by atoms with Gasteiger partial charge in [-0.1, -0.05) is 51.0 Å². The Bertz CT molecular complexity index is 841. The molecule has 1 heterocycles. The Morgan fingerprint density at radius 1 is 1.03 bits per heavy atom. The summed E-state index contributed by atoms with van der Waals surface area (Å²) >= 11 is 0. The minimum Gasteiger partial charge on any atom is -0.480 e. The van der Waals surface area contributed by atoms with Gasteiger partial charge in [0.1, 0.15) is 12.1 Å². The van der Waals surface area contributed by atoms with E-state index in [0.29, 0.717) is 32.2 Å². The lowest BCUT2D eigenvalue weighted by Crippen LogP contribution is -2.55. The smallest absolute Gasteiger partial charge is 0.326 e. The second-order valence-corrected chi connectivity index (χ2v) is 8.99. The van der Waals surface area contributed by atoms with Crippen molar-refractivity contribution in [3.05, 3.63) is 35.4 Å². The van der Waals surface area contributed by atoms with E-state index in [2.05, 4.69) is 5.32 Å². The van der Waals surface area contributed by atoms with Crippen LogP contribution in [0.3, 0.4) is 0 Å². The van der Waals surface area contributed by atoms with Crippen LogP contribution in [0.25, 0.3) is 0 Å². The molecule has 9 nitrogen and oxygen atoms in total. The van der Waals surface area contributed by atoms with Crippen LogP contribution in [0.5, 0.6) is 0 Å². The second kappa shape index (κ2) is 12.9.